The molecule has 14 rings (SSSR count). The van der Waals surface area contributed by atoms with Crippen LogP contribution in [0.2, 0.25) is 0 Å². The van der Waals surface area contributed by atoms with Crippen molar-refractivity contribution < 1.29 is 84.6 Å². The van der Waals surface area contributed by atoms with E-state index in [1.54, 1.807) is 28.3 Å². The van der Waals surface area contributed by atoms with Gasteiger partial charge in [-0.15, -0.1) is 39.1 Å². The molecule has 7 saturated carbocycles. The van der Waals surface area contributed by atoms with Gasteiger partial charge in [-0.3, -0.25) is 14.4 Å². The molecule has 7 fully saturated rings. The Hall–Kier alpha value is -9.38. The summed E-state index contributed by atoms with van der Waals surface area (Å²) in [4.78, 5) is 98.9. The molecular formula is C98H121F6N9O12S3. The predicted molar refractivity (Wildman–Crippen MR) is 484 cm³/mol. The predicted octanol–water partition coefficient (Wildman–Crippen LogP) is 21.5. The first-order chi connectivity index (χ1) is 60.7. The van der Waals surface area contributed by atoms with Crippen LogP contribution in [0.1, 0.15) is 288 Å². The van der Waals surface area contributed by atoms with Gasteiger partial charge in [-0.25, -0.2) is 24.4 Å². The average molecular weight is 1830 g/mol. The van der Waals surface area contributed by atoms with Crippen molar-refractivity contribution in [3.63, 3.8) is 0 Å². The summed E-state index contributed by atoms with van der Waals surface area (Å²) in [6.07, 6.45) is 14.2. The summed E-state index contributed by atoms with van der Waals surface area (Å²) in [5.74, 6) is 15.0. The number of amides is 3. The second kappa shape index (κ2) is 42.7. The van der Waals surface area contributed by atoms with Crippen LogP contribution in [0, 0.1) is 88.3 Å². The van der Waals surface area contributed by atoms with Gasteiger partial charge in [0, 0.05) is 85.0 Å². The van der Waals surface area contributed by atoms with E-state index in [1.807, 2.05) is 97.2 Å². The molecule has 30 heteroatoms. The summed E-state index contributed by atoms with van der Waals surface area (Å²) < 4.78 is 101. The van der Waals surface area contributed by atoms with Crippen LogP contribution < -0.4 is 28.9 Å². The lowest BCUT2D eigenvalue weighted by molar-refractivity contribution is -0.225. The number of carboxylic acids is 3. The molecule has 690 valence electrons. The average Bonchev–Trinajstić information content (AvgIpc) is 1.21. The van der Waals surface area contributed by atoms with E-state index in [0.29, 0.717) is 111 Å². The number of alkyl halides is 6. The fourth-order valence-electron chi connectivity index (χ4n) is 18.4. The van der Waals surface area contributed by atoms with Crippen LogP contribution in [0.15, 0.2) is 78.6 Å². The first-order valence-electron chi connectivity index (χ1n) is 45.2. The number of anilines is 3. The van der Waals surface area contributed by atoms with E-state index >= 15 is 0 Å². The SMILES string of the molecule is CC1=CCC(C(=O)N(c2cc(C#CC(C)(C)C)sc2C(=O)O)C2CCC(Oc3cc(CN(C)C)ccn3)CC2)CC1.CC1CCC(C(=O)N(c2cc(C#CC3(C(F)(F)F)CCC3)sc2C(=O)O)C2CCC(Oc3cc(CN(C)C)ccn3)CC2)CC1.Cc1ccc(OC2CCC(N(C(=O)C3CCC(C)CC3)c3cc(C#CC4(C(F)(F)F)CCC4)sc3C(=O)O)CC2)nn1. The molecule has 0 aromatic carbocycles. The zero-order valence-corrected chi connectivity index (χ0v) is 77.7. The van der Waals surface area contributed by atoms with Crippen LogP contribution in [0.5, 0.6) is 17.6 Å². The summed E-state index contributed by atoms with van der Waals surface area (Å²) >= 11 is 2.84. The summed E-state index contributed by atoms with van der Waals surface area (Å²) in [5, 5.41) is 38.5. The van der Waals surface area contributed by atoms with E-state index in [4.69, 9.17) is 14.2 Å². The minimum atomic E-state index is -4.45. The number of halogens is 6. The van der Waals surface area contributed by atoms with Gasteiger partial charge in [0.05, 0.1) is 37.4 Å². The maximum absolute atomic E-state index is 14.2. The summed E-state index contributed by atoms with van der Waals surface area (Å²) in [5.41, 5.74) is 0.994. The largest absolute Gasteiger partial charge is 0.477 e. The quantitative estimate of drug-likeness (QED) is 0.0324. The van der Waals surface area contributed by atoms with Crippen LogP contribution in [0.3, 0.4) is 0 Å². The van der Waals surface area contributed by atoms with Gasteiger partial charge in [-0.1, -0.05) is 61.0 Å². The highest BCUT2D eigenvalue weighted by molar-refractivity contribution is 7.16. The molecule has 1 unspecified atom stereocenters. The topological polar surface area (TPSA) is 259 Å². The Bertz CT molecular complexity index is 5110. The second-order valence-electron chi connectivity index (χ2n) is 38.0. The number of aromatic nitrogens is 4. The third-order valence-electron chi connectivity index (χ3n) is 26.1. The van der Waals surface area contributed by atoms with Crippen molar-refractivity contribution in [2.45, 2.75) is 297 Å². The Labute approximate surface area is 760 Å². The minimum absolute atomic E-state index is 0.000189. The number of carbonyl (C=O) groups excluding carboxylic acids is 3. The van der Waals surface area contributed by atoms with E-state index in [2.05, 4.69) is 92.3 Å². The van der Waals surface area contributed by atoms with Crippen LogP contribution >= 0.6 is 34.0 Å². The Balaban J connectivity index is 0.000000174. The molecule has 8 aliphatic carbocycles. The number of carboxylic acid groups (broad SMARTS) is 3. The molecule has 1 atom stereocenters. The molecule has 6 heterocycles. The van der Waals surface area contributed by atoms with Crippen LogP contribution in [-0.2, 0) is 27.5 Å². The summed E-state index contributed by atoms with van der Waals surface area (Å²) in [6.45, 7) is 15.9. The fourth-order valence-corrected chi connectivity index (χ4v) is 20.9. The number of allylic oxidation sites excluding steroid dienone is 2. The molecule has 0 spiro atoms. The molecule has 0 radical (unpaired) electrons. The lowest BCUT2D eigenvalue weighted by Gasteiger charge is -2.39. The zero-order valence-electron chi connectivity index (χ0n) is 75.2. The molecule has 0 bridgehead atoms. The van der Waals surface area contributed by atoms with Gasteiger partial charge in [0.15, 0.2) is 0 Å². The third kappa shape index (κ3) is 25.2. The summed E-state index contributed by atoms with van der Waals surface area (Å²) in [6, 6.07) is 15.7. The first kappa shape index (κ1) is 97.7. The number of thiophene rings is 3. The Morgan fingerprint density at radius 3 is 1.12 bits per heavy atom. The number of hydrogen-bond donors (Lipinski definition) is 3. The zero-order chi connectivity index (χ0) is 92.2. The standard InChI is InChI=1S/C34H42F3N3O4S.C33H43N3O4S.C31H36F3N3O4S/c1-22-5-7-24(8-6-22)31(41)40(25-9-11-26(12-10-25)44-29-19-23(14-18-38-29)21-39(2)3)28-20-27(45-30(28)32(42)43)13-17-33(15-4-16-33)34(35,36)37;1-22-7-9-24(10-8-22)31(37)36(28-20-27(15-17-33(2,3)4)41-30(28)32(38)39)25-11-13-26(14-12-25)40-29-19-23(16-18-34-29)21-35(5)6;1-19-4-7-21(8-5-19)28(38)37(22-9-11-23(12-10-22)41-26-13-6-20(2)35-36-26)25-18-24(42-27(25)29(39)40)14-17-30(15-3-16-30)31(32,33)34/h14,18-20,22,24-26H,4-12,15-16,21H2,1-3H3,(H,42,43);7,16,18-20,24-26H,8-14,21H2,1-6H3,(H,38,39);6,13,18-19,21-23H,3-5,7-12,15-16H2,1-2H3,(H,39,40). The smallest absolute Gasteiger partial charge is 0.405 e. The number of pyridine rings is 2. The molecule has 6 aromatic heterocycles. The molecule has 0 aliphatic heterocycles. The van der Waals surface area contributed by atoms with Gasteiger partial charge < -0.3 is 54.0 Å². The Kier molecular flexibility index (Phi) is 32.6. The molecule has 6 aromatic rings. The normalized spacial score (nSPS) is 23.8. The van der Waals surface area contributed by atoms with Gasteiger partial charge >= 0.3 is 30.3 Å². The fraction of sp³-hybridized carbons (Fsp3) is 0.592. The van der Waals surface area contributed by atoms with Crippen LogP contribution in [0.4, 0.5) is 43.4 Å². The van der Waals surface area contributed by atoms with Crippen LogP contribution in [-0.4, -0.2) is 158 Å². The van der Waals surface area contributed by atoms with Crippen molar-refractivity contribution in [3.8, 4) is 53.2 Å². The van der Waals surface area contributed by atoms with Crippen molar-refractivity contribution in [1.82, 2.24) is 30.0 Å². The number of hydrogen-bond acceptors (Lipinski definition) is 18. The van der Waals surface area contributed by atoms with E-state index in [9.17, 15) is 70.4 Å². The van der Waals surface area contributed by atoms with Crippen molar-refractivity contribution >= 4 is 86.7 Å². The van der Waals surface area contributed by atoms with Crippen molar-refractivity contribution in [2.24, 2.45) is 45.8 Å². The van der Waals surface area contributed by atoms with Crippen molar-refractivity contribution in [3.05, 3.63) is 125 Å². The molecule has 3 N–H and O–H groups in total. The van der Waals surface area contributed by atoms with E-state index in [-0.39, 0.29) is 139 Å². The van der Waals surface area contributed by atoms with Crippen molar-refractivity contribution in [1.29, 1.82) is 0 Å². The molecule has 3 amide bonds. The van der Waals surface area contributed by atoms with Crippen LogP contribution in [0.25, 0.3) is 0 Å². The number of nitrogens with zero attached hydrogens (tertiary/aromatic N) is 9. The highest BCUT2D eigenvalue weighted by atomic mass is 32.1. The molecule has 0 saturated heterocycles. The minimum Gasteiger partial charge on any atom is -0.477 e. The van der Waals surface area contributed by atoms with E-state index in [0.717, 1.165) is 154 Å². The highest BCUT2D eigenvalue weighted by Gasteiger charge is 2.59. The number of carbonyl (C=O) groups is 6. The summed E-state index contributed by atoms with van der Waals surface area (Å²) in [7, 11) is 8.05. The van der Waals surface area contributed by atoms with Crippen molar-refractivity contribution in [2.75, 3.05) is 42.9 Å². The maximum atomic E-state index is 14.2. The highest BCUT2D eigenvalue weighted by Crippen LogP contribution is 2.55. The van der Waals surface area contributed by atoms with Gasteiger partial charge in [0.1, 0.15) is 43.8 Å². The number of ether oxygens (including phenoxy) is 3. The maximum Gasteiger partial charge on any atom is 0.405 e. The molecule has 8 aliphatic rings. The molecule has 128 heavy (non-hydrogen) atoms. The number of rotatable bonds is 22. The Morgan fingerprint density at radius 2 is 0.820 bits per heavy atom. The molecular weight excluding hydrogens is 1710 g/mol. The van der Waals surface area contributed by atoms with Gasteiger partial charge in [0.25, 0.3) is 0 Å². The molecule has 21 nitrogen and oxygen atoms in total. The lowest BCUT2D eigenvalue weighted by Crippen LogP contribution is -2.47. The second-order valence-corrected chi connectivity index (χ2v) is 41.1. The first-order valence-corrected chi connectivity index (χ1v) is 47.6. The number of aromatic carboxylic acids is 3. The van der Waals surface area contributed by atoms with Gasteiger partial charge in [0.2, 0.25) is 35.4 Å². The Morgan fingerprint density at radius 1 is 0.461 bits per heavy atom. The number of aryl methyl sites for hydroxylation is 1. The monoisotopic (exact) mass is 1830 g/mol. The third-order valence-corrected chi connectivity index (χ3v) is 29.2. The van der Waals surface area contributed by atoms with Gasteiger partial charge in [-0.05, 0) is 308 Å². The van der Waals surface area contributed by atoms with E-state index < -0.39 is 41.1 Å². The lowest BCUT2D eigenvalue weighted by atomic mass is 9.68. The van der Waals surface area contributed by atoms with Gasteiger partial charge in [-0.2, -0.15) is 31.4 Å². The van der Waals surface area contributed by atoms with E-state index in [1.165, 1.54) is 17.7 Å².